The van der Waals surface area contributed by atoms with Gasteiger partial charge < -0.3 is 9.47 Å². The van der Waals surface area contributed by atoms with E-state index in [0.29, 0.717) is 5.56 Å². The van der Waals surface area contributed by atoms with Crippen molar-refractivity contribution in [1.29, 1.82) is 0 Å². The predicted octanol–water partition coefficient (Wildman–Crippen LogP) is 2.22. The minimum atomic E-state index is -0.819. The number of benzene rings is 2. The number of amides is 2. The molecule has 0 atom stereocenters. The second-order valence-corrected chi connectivity index (χ2v) is 6.38. The van der Waals surface area contributed by atoms with Crippen molar-refractivity contribution in [2.24, 2.45) is 0 Å². The van der Waals surface area contributed by atoms with Gasteiger partial charge in [-0.2, -0.15) is 0 Å². The van der Waals surface area contributed by atoms with Crippen LogP contribution >= 0.6 is 12.2 Å². The molecule has 0 spiro atoms. The van der Waals surface area contributed by atoms with Gasteiger partial charge in [0.2, 0.25) is 5.75 Å². The Morgan fingerprint density at radius 2 is 1.58 bits per heavy atom. The first-order chi connectivity index (χ1) is 14.7. The van der Waals surface area contributed by atoms with E-state index in [1.165, 1.54) is 31.4 Å². The van der Waals surface area contributed by atoms with Gasteiger partial charge in [0.05, 0.1) is 23.0 Å². The van der Waals surface area contributed by atoms with Crippen molar-refractivity contribution < 1.29 is 28.9 Å². The number of rotatable bonds is 6. The summed E-state index contributed by atoms with van der Waals surface area (Å²) < 4.78 is 10.8. The van der Waals surface area contributed by atoms with Crippen LogP contribution in [-0.4, -0.2) is 33.9 Å². The molecule has 158 valence electrons. The van der Waals surface area contributed by atoms with Crippen LogP contribution in [0.15, 0.2) is 42.0 Å². The van der Waals surface area contributed by atoms with Gasteiger partial charge >= 0.3 is 5.69 Å². The molecule has 12 nitrogen and oxygen atoms in total. The van der Waals surface area contributed by atoms with E-state index < -0.39 is 33.0 Å². The molecule has 1 aliphatic heterocycles. The maximum absolute atomic E-state index is 12.0. The van der Waals surface area contributed by atoms with Gasteiger partial charge in [0.1, 0.15) is 5.57 Å². The molecule has 1 aliphatic rings. The number of thiocarbonyl (C=S) groups is 1. The molecule has 2 N–H and O–H groups in total. The second-order valence-electron chi connectivity index (χ2n) is 5.97. The zero-order chi connectivity index (χ0) is 22.7. The SMILES string of the molecule is COc1ccc(C=C2C(=O)NC(=S)NC2=O)cc1Oc1ccc([N+](=O)[O-])cc1[N+](=O)[O-]. The van der Waals surface area contributed by atoms with Gasteiger partial charge in [0.15, 0.2) is 16.6 Å². The lowest BCUT2D eigenvalue weighted by Gasteiger charge is -2.16. The number of hydrogen-bond donors (Lipinski definition) is 2. The molecular formula is C18H12N4O8S. The number of nitro groups is 2. The number of nitrogens with one attached hydrogen (secondary N) is 2. The van der Waals surface area contributed by atoms with Crippen LogP contribution in [0.5, 0.6) is 17.2 Å². The Bertz CT molecular complexity index is 1160. The highest BCUT2D eigenvalue weighted by atomic mass is 32.1. The highest BCUT2D eigenvalue weighted by Crippen LogP contribution is 2.38. The third-order valence-electron chi connectivity index (χ3n) is 4.01. The van der Waals surface area contributed by atoms with Crippen LogP contribution in [0.25, 0.3) is 6.08 Å². The van der Waals surface area contributed by atoms with Gasteiger partial charge in [0, 0.05) is 6.07 Å². The number of nitro benzene ring substituents is 2. The predicted molar refractivity (Wildman–Crippen MR) is 110 cm³/mol. The lowest BCUT2D eigenvalue weighted by Crippen LogP contribution is -2.51. The zero-order valence-electron chi connectivity index (χ0n) is 15.6. The lowest BCUT2D eigenvalue weighted by atomic mass is 10.1. The normalized spacial score (nSPS) is 13.2. The third kappa shape index (κ3) is 4.62. The average molecular weight is 444 g/mol. The smallest absolute Gasteiger partial charge is 0.318 e. The number of nitrogens with zero attached hydrogens (tertiary/aromatic N) is 2. The fourth-order valence-corrected chi connectivity index (χ4v) is 2.79. The highest BCUT2D eigenvalue weighted by molar-refractivity contribution is 7.80. The molecule has 2 aromatic carbocycles. The van der Waals surface area contributed by atoms with Gasteiger partial charge in [-0.15, -0.1) is 0 Å². The van der Waals surface area contributed by atoms with Crippen LogP contribution < -0.4 is 20.1 Å². The van der Waals surface area contributed by atoms with Gasteiger partial charge in [-0.25, -0.2) is 0 Å². The van der Waals surface area contributed by atoms with Gasteiger partial charge in [-0.05, 0) is 42.1 Å². The Kier molecular flexibility index (Phi) is 5.88. The monoisotopic (exact) mass is 444 g/mol. The van der Waals surface area contributed by atoms with E-state index in [9.17, 15) is 29.8 Å². The van der Waals surface area contributed by atoms with Crippen LogP contribution in [0.3, 0.4) is 0 Å². The number of carbonyl (C=O) groups is 2. The molecule has 2 amide bonds. The molecule has 0 aromatic heterocycles. The van der Waals surface area contributed by atoms with Crippen molar-refractivity contribution in [3.8, 4) is 17.2 Å². The molecule has 3 rings (SSSR count). The van der Waals surface area contributed by atoms with E-state index in [2.05, 4.69) is 10.6 Å². The summed E-state index contributed by atoms with van der Waals surface area (Å²) in [6.45, 7) is 0. The minimum Gasteiger partial charge on any atom is -0.493 e. The summed E-state index contributed by atoms with van der Waals surface area (Å²) in [5.74, 6) is -1.46. The first kappa shape index (κ1) is 21.3. The molecule has 1 heterocycles. The number of ether oxygens (including phenoxy) is 2. The van der Waals surface area contributed by atoms with Crippen molar-refractivity contribution in [2.75, 3.05) is 7.11 Å². The second kappa shape index (κ2) is 8.54. The number of methoxy groups -OCH3 is 1. The Morgan fingerprint density at radius 3 is 2.16 bits per heavy atom. The number of non-ortho nitro benzene ring substituents is 1. The first-order valence-corrected chi connectivity index (χ1v) is 8.77. The Morgan fingerprint density at radius 1 is 0.935 bits per heavy atom. The number of carbonyl (C=O) groups excluding carboxylic acids is 2. The van der Waals surface area contributed by atoms with Gasteiger partial charge in [-0.3, -0.25) is 40.5 Å². The topological polar surface area (TPSA) is 163 Å². The van der Waals surface area contributed by atoms with Crippen molar-refractivity contribution >= 4 is 46.6 Å². The average Bonchev–Trinajstić information content (AvgIpc) is 2.70. The summed E-state index contributed by atoms with van der Waals surface area (Å²) in [5.41, 5.74) is -0.976. The van der Waals surface area contributed by atoms with E-state index >= 15 is 0 Å². The Hall–Kier alpha value is -4.39. The van der Waals surface area contributed by atoms with E-state index in [1.807, 2.05) is 0 Å². The largest absolute Gasteiger partial charge is 0.493 e. The van der Waals surface area contributed by atoms with Crippen molar-refractivity contribution in [3.63, 3.8) is 0 Å². The summed E-state index contributed by atoms with van der Waals surface area (Å²) in [4.78, 5) is 44.7. The maximum Gasteiger partial charge on any atom is 0.318 e. The van der Waals surface area contributed by atoms with Crippen LogP contribution in [0.1, 0.15) is 5.56 Å². The summed E-state index contributed by atoms with van der Waals surface area (Å²) >= 11 is 4.74. The van der Waals surface area contributed by atoms with Crippen molar-refractivity contribution in [1.82, 2.24) is 10.6 Å². The molecule has 0 radical (unpaired) electrons. The lowest BCUT2D eigenvalue weighted by molar-refractivity contribution is -0.394. The minimum absolute atomic E-state index is 0.0148. The molecule has 0 aliphatic carbocycles. The van der Waals surface area contributed by atoms with Crippen molar-refractivity contribution in [3.05, 3.63) is 67.8 Å². The summed E-state index contributed by atoms with van der Waals surface area (Å²) in [7, 11) is 1.34. The molecule has 1 saturated heterocycles. The summed E-state index contributed by atoms with van der Waals surface area (Å²) in [6, 6.07) is 7.28. The summed E-state index contributed by atoms with van der Waals surface area (Å²) in [6.07, 6.45) is 1.27. The molecular weight excluding hydrogens is 432 g/mol. The molecule has 0 unspecified atom stereocenters. The van der Waals surface area contributed by atoms with E-state index in [1.54, 1.807) is 0 Å². The molecule has 1 fully saturated rings. The quantitative estimate of drug-likeness (QED) is 0.223. The van der Waals surface area contributed by atoms with E-state index in [-0.39, 0.29) is 27.9 Å². The fraction of sp³-hybridized carbons (Fsp3) is 0.0556. The Labute approximate surface area is 178 Å². The summed E-state index contributed by atoms with van der Waals surface area (Å²) in [5, 5.41) is 26.7. The van der Waals surface area contributed by atoms with Gasteiger partial charge in [0.25, 0.3) is 17.5 Å². The molecule has 13 heteroatoms. The fourth-order valence-electron chi connectivity index (χ4n) is 2.60. The third-order valence-corrected chi connectivity index (χ3v) is 4.22. The maximum atomic E-state index is 12.0. The van der Waals surface area contributed by atoms with Crippen LogP contribution in [0.2, 0.25) is 0 Å². The highest BCUT2D eigenvalue weighted by Gasteiger charge is 2.26. The van der Waals surface area contributed by atoms with Gasteiger partial charge in [-0.1, -0.05) is 6.07 Å². The van der Waals surface area contributed by atoms with Crippen molar-refractivity contribution in [2.45, 2.75) is 0 Å². The number of hydrogen-bond acceptors (Lipinski definition) is 9. The van der Waals surface area contributed by atoms with Crippen LogP contribution in [0, 0.1) is 20.2 Å². The molecule has 0 saturated carbocycles. The molecule has 0 bridgehead atoms. The van der Waals surface area contributed by atoms with Crippen LogP contribution in [-0.2, 0) is 9.59 Å². The molecule has 31 heavy (non-hydrogen) atoms. The Balaban J connectivity index is 2.01. The van der Waals surface area contributed by atoms with E-state index in [0.717, 1.165) is 18.2 Å². The standard InChI is InChI=1S/C18H12N4O8S/c1-29-14-4-2-9(6-11-16(23)19-18(31)20-17(11)24)7-15(14)30-13-5-3-10(21(25)26)8-12(13)22(27)28/h2-8H,1H3,(H2,19,20,23,24,31). The molecule has 2 aromatic rings. The first-order valence-electron chi connectivity index (χ1n) is 8.36. The van der Waals surface area contributed by atoms with E-state index in [4.69, 9.17) is 21.7 Å². The van der Waals surface area contributed by atoms with Crippen LogP contribution in [0.4, 0.5) is 11.4 Å². The zero-order valence-corrected chi connectivity index (χ0v) is 16.4.